The van der Waals surface area contributed by atoms with Gasteiger partial charge in [0.05, 0.1) is 5.69 Å². The molecule has 1 unspecified atom stereocenters. The van der Waals surface area contributed by atoms with Crippen LogP contribution in [0.25, 0.3) is 11.1 Å². The highest BCUT2D eigenvalue weighted by Gasteiger charge is 2.42. The van der Waals surface area contributed by atoms with Gasteiger partial charge in [0.2, 0.25) is 11.8 Å². The molecule has 0 radical (unpaired) electrons. The van der Waals surface area contributed by atoms with Crippen molar-refractivity contribution in [2.24, 2.45) is 5.92 Å². The summed E-state index contributed by atoms with van der Waals surface area (Å²) in [6, 6.07) is 8.06. The lowest BCUT2D eigenvalue weighted by Crippen LogP contribution is -2.51. The molecule has 1 aliphatic rings. The second kappa shape index (κ2) is 10.6. The predicted octanol–water partition coefficient (Wildman–Crippen LogP) is 5.48. The second-order valence-electron chi connectivity index (χ2n) is 9.35. The molecule has 2 atom stereocenters. The van der Waals surface area contributed by atoms with E-state index in [4.69, 9.17) is 4.52 Å². The number of carbonyl (C=O) groups is 2. The summed E-state index contributed by atoms with van der Waals surface area (Å²) in [5.41, 5.74) is 5.09. The highest BCUT2D eigenvalue weighted by Crippen LogP contribution is 2.38. The van der Waals surface area contributed by atoms with Crippen molar-refractivity contribution in [3.05, 3.63) is 65.3 Å². The zero-order valence-electron chi connectivity index (χ0n) is 20.6. The molecule has 1 aromatic carbocycles. The Labute approximate surface area is 208 Å². The van der Waals surface area contributed by atoms with Crippen molar-refractivity contribution in [3.8, 4) is 11.1 Å². The Kier molecular flexibility index (Phi) is 7.47. The minimum atomic E-state index is -2.88. The number of rotatable bonds is 7. The molecule has 7 nitrogen and oxygen atoms in total. The van der Waals surface area contributed by atoms with E-state index < -0.39 is 36.1 Å². The van der Waals surface area contributed by atoms with Crippen LogP contribution in [0.5, 0.6) is 0 Å². The SMILES string of the molecule is CCc1nocc1C(=O)NC(C(=O)Nc1ccc(-c2c(C)ccnc2C)cc1)[C@H]1CCCC(F)(F)C1. The Morgan fingerprint density at radius 2 is 1.94 bits per heavy atom. The van der Waals surface area contributed by atoms with Crippen molar-refractivity contribution >= 4 is 17.5 Å². The number of hydrogen-bond acceptors (Lipinski definition) is 5. The normalized spacial score (nSPS) is 17.9. The first-order valence-electron chi connectivity index (χ1n) is 12.1. The lowest BCUT2D eigenvalue weighted by atomic mass is 9.81. The van der Waals surface area contributed by atoms with Gasteiger partial charge in [-0.15, -0.1) is 0 Å². The first-order chi connectivity index (χ1) is 17.2. The number of nitrogens with one attached hydrogen (secondary N) is 2. The van der Waals surface area contributed by atoms with E-state index in [1.807, 2.05) is 39.0 Å². The summed E-state index contributed by atoms with van der Waals surface area (Å²) in [5, 5.41) is 9.28. The molecule has 1 saturated carbocycles. The van der Waals surface area contributed by atoms with Crippen LogP contribution >= 0.6 is 0 Å². The molecule has 0 aliphatic heterocycles. The summed E-state index contributed by atoms with van der Waals surface area (Å²) in [5.74, 6) is -4.69. The van der Waals surface area contributed by atoms with E-state index in [0.717, 1.165) is 22.4 Å². The van der Waals surface area contributed by atoms with Crippen LogP contribution in [0.3, 0.4) is 0 Å². The molecular weight excluding hydrogens is 466 g/mol. The molecule has 2 aromatic heterocycles. The van der Waals surface area contributed by atoms with E-state index in [2.05, 4.69) is 20.8 Å². The van der Waals surface area contributed by atoms with E-state index in [9.17, 15) is 18.4 Å². The first kappa shape index (κ1) is 25.5. The molecule has 0 bridgehead atoms. The zero-order chi connectivity index (χ0) is 25.9. The number of carbonyl (C=O) groups excluding carboxylic acids is 2. The second-order valence-corrected chi connectivity index (χ2v) is 9.35. The molecule has 36 heavy (non-hydrogen) atoms. The average Bonchev–Trinajstić information content (AvgIpc) is 3.32. The lowest BCUT2D eigenvalue weighted by Gasteiger charge is -2.34. The van der Waals surface area contributed by atoms with E-state index in [1.165, 1.54) is 6.26 Å². The predicted molar refractivity (Wildman–Crippen MR) is 132 cm³/mol. The maximum Gasteiger partial charge on any atom is 0.257 e. The quantitative estimate of drug-likeness (QED) is 0.452. The van der Waals surface area contributed by atoms with Gasteiger partial charge in [-0.2, -0.15) is 0 Å². The van der Waals surface area contributed by atoms with Gasteiger partial charge in [0.25, 0.3) is 5.91 Å². The first-order valence-corrected chi connectivity index (χ1v) is 12.1. The van der Waals surface area contributed by atoms with Gasteiger partial charge in [0, 0.05) is 36.0 Å². The summed E-state index contributed by atoms with van der Waals surface area (Å²) >= 11 is 0. The van der Waals surface area contributed by atoms with Crippen molar-refractivity contribution in [1.82, 2.24) is 15.5 Å². The van der Waals surface area contributed by atoms with Gasteiger partial charge in [-0.3, -0.25) is 14.6 Å². The molecule has 2 amide bonds. The van der Waals surface area contributed by atoms with Gasteiger partial charge in [0.1, 0.15) is 17.9 Å². The van der Waals surface area contributed by atoms with E-state index in [-0.39, 0.29) is 18.4 Å². The number of benzene rings is 1. The molecule has 3 aromatic rings. The van der Waals surface area contributed by atoms with Crippen molar-refractivity contribution in [3.63, 3.8) is 0 Å². The fourth-order valence-electron chi connectivity index (χ4n) is 4.88. The highest BCUT2D eigenvalue weighted by atomic mass is 19.3. The smallest absolute Gasteiger partial charge is 0.257 e. The Hall–Kier alpha value is -3.62. The van der Waals surface area contributed by atoms with Crippen LogP contribution < -0.4 is 10.6 Å². The minimum absolute atomic E-state index is 0.199. The summed E-state index contributed by atoms with van der Waals surface area (Å²) in [6.45, 7) is 5.76. The van der Waals surface area contributed by atoms with E-state index in [1.54, 1.807) is 18.3 Å². The fourth-order valence-corrected chi connectivity index (χ4v) is 4.88. The number of alkyl halides is 2. The van der Waals surface area contributed by atoms with Crippen molar-refractivity contribution in [2.75, 3.05) is 5.32 Å². The summed E-state index contributed by atoms with van der Waals surface area (Å²) in [6.07, 6.45) is 3.44. The Balaban J connectivity index is 1.55. The third kappa shape index (κ3) is 5.61. The van der Waals surface area contributed by atoms with Crippen LogP contribution in [-0.2, 0) is 11.2 Å². The maximum atomic E-state index is 14.2. The van der Waals surface area contributed by atoms with Gasteiger partial charge in [-0.05, 0) is 68.4 Å². The number of amides is 2. The third-order valence-electron chi connectivity index (χ3n) is 6.73. The molecule has 0 spiro atoms. The molecule has 190 valence electrons. The van der Waals surface area contributed by atoms with Crippen molar-refractivity contribution in [2.45, 2.75) is 64.8 Å². The summed E-state index contributed by atoms with van der Waals surface area (Å²) in [7, 11) is 0. The Morgan fingerprint density at radius 1 is 1.19 bits per heavy atom. The average molecular weight is 497 g/mol. The molecule has 1 aliphatic carbocycles. The Morgan fingerprint density at radius 3 is 2.61 bits per heavy atom. The molecule has 9 heteroatoms. The van der Waals surface area contributed by atoms with Crippen molar-refractivity contribution in [1.29, 1.82) is 0 Å². The largest absolute Gasteiger partial charge is 0.364 e. The monoisotopic (exact) mass is 496 g/mol. The zero-order valence-corrected chi connectivity index (χ0v) is 20.6. The van der Waals surface area contributed by atoms with Gasteiger partial charge >= 0.3 is 0 Å². The molecule has 2 heterocycles. The van der Waals surface area contributed by atoms with Crippen LogP contribution in [0.4, 0.5) is 14.5 Å². The maximum absolute atomic E-state index is 14.2. The van der Waals surface area contributed by atoms with Crippen LogP contribution in [0.2, 0.25) is 0 Å². The standard InChI is InChI=1S/C27H30F2N4O3/c1-4-22-21(15-36-33-22)25(34)32-24(19-6-5-12-27(28,29)14-19)26(35)31-20-9-7-18(8-10-20)23-16(2)11-13-30-17(23)3/h7-11,13,15,19,24H,4-6,12,14H2,1-3H3,(H,31,35)(H,32,34)/t19-,24?/m0/s1. The number of nitrogens with zero attached hydrogens (tertiary/aromatic N) is 2. The fraction of sp³-hybridized carbons (Fsp3) is 0.407. The lowest BCUT2D eigenvalue weighted by molar-refractivity contribution is -0.121. The number of hydrogen-bond donors (Lipinski definition) is 2. The third-order valence-corrected chi connectivity index (χ3v) is 6.73. The molecule has 4 rings (SSSR count). The van der Waals surface area contributed by atoms with Crippen LogP contribution in [0.1, 0.15) is 59.9 Å². The van der Waals surface area contributed by atoms with Gasteiger partial charge in [-0.25, -0.2) is 8.78 Å². The number of aromatic nitrogens is 2. The van der Waals surface area contributed by atoms with Crippen LogP contribution in [0.15, 0.2) is 47.3 Å². The summed E-state index contributed by atoms with van der Waals surface area (Å²) in [4.78, 5) is 30.6. The molecule has 2 N–H and O–H groups in total. The number of aryl methyl sites for hydroxylation is 3. The van der Waals surface area contributed by atoms with E-state index >= 15 is 0 Å². The van der Waals surface area contributed by atoms with Gasteiger partial charge in [0.15, 0.2) is 0 Å². The van der Waals surface area contributed by atoms with Gasteiger partial charge in [-0.1, -0.05) is 24.2 Å². The van der Waals surface area contributed by atoms with Crippen LogP contribution in [-0.4, -0.2) is 33.9 Å². The van der Waals surface area contributed by atoms with E-state index in [0.29, 0.717) is 24.2 Å². The molecule has 0 saturated heterocycles. The Bertz CT molecular complexity index is 1220. The highest BCUT2D eigenvalue weighted by molar-refractivity contribution is 6.01. The number of anilines is 1. The van der Waals surface area contributed by atoms with Gasteiger partial charge < -0.3 is 15.2 Å². The molecule has 1 fully saturated rings. The molecular formula is C27H30F2N4O3. The number of pyridine rings is 1. The minimum Gasteiger partial charge on any atom is -0.364 e. The number of halogens is 2. The summed E-state index contributed by atoms with van der Waals surface area (Å²) < 4.78 is 33.4. The van der Waals surface area contributed by atoms with Crippen molar-refractivity contribution < 1.29 is 22.9 Å². The topological polar surface area (TPSA) is 97.1 Å². The van der Waals surface area contributed by atoms with Crippen LogP contribution in [0, 0.1) is 19.8 Å².